The van der Waals surface area contributed by atoms with E-state index in [0.29, 0.717) is 0 Å². The van der Waals surface area contributed by atoms with Gasteiger partial charge >= 0.3 is 0 Å². The molecule has 2 heteroatoms. The average Bonchev–Trinajstić information content (AvgIpc) is 3.49. The highest BCUT2D eigenvalue weighted by Crippen LogP contribution is 2.43. The Hall–Kier alpha value is -5.86. The van der Waals surface area contributed by atoms with Crippen molar-refractivity contribution in [1.82, 2.24) is 0 Å². The number of anilines is 3. The first-order chi connectivity index (χ1) is 21.8. The summed E-state index contributed by atoms with van der Waals surface area (Å²) in [6, 6.07) is 62.0. The van der Waals surface area contributed by atoms with Gasteiger partial charge in [-0.05, 0) is 69.9 Å². The molecule has 0 atom stereocenters. The lowest BCUT2D eigenvalue weighted by Gasteiger charge is -2.26. The van der Waals surface area contributed by atoms with Crippen molar-refractivity contribution in [3.63, 3.8) is 0 Å². The van der Waals surface area contributed by atoms with Gasteiger partial charge in [0.05, 0.1) is 0 Å². The van der Waals surface area contributed by atoms with Gasteiger partial charge in [-0.2, -0.15) is 0 Å². The molecule has 8 rings (SSSR count). The normalized spacial score (nSPS) is 11.2. The van der Waals surface area contributed by atoms with Crippen molar-refractivity contribution < 1.29 is 4.42 Å². The SMILES string of the molecule is c1ccc(-c2ccc(N(c3cccc(-c4oc5ccccc5c4-c4ccccc4)c3)c3ccc4ccccc4c3)cc2)cc1. The second kappa shape index (κ2) is 11.1. The standard InChI is InChI=1S/C42H29NO/c1-3-12-30(13-4-1)32-22-25-36(26-23-32)43(38-27-24-31-14-7-8-17-34(31)28-38)37-19-11-18-35(29-37)42-41(33-15-5-2-6-16-33)39-20-9-10-21-40(39)44-42/h1-29H. The third-order valence-corrected chi connectivity index (χ3v) is 8.25. The Morgan fingerprint density at radius 3 is 1.75 bits per heavy atom. The van der Waals surface area contributed by atoms with E-state index >= 15 is 0 Å². The Labute approximate surface area is 257 Å². The van der Waals surface area contributed by atoms with Crippen molar-refractivity contribution in [2.75, 3.05) is 4.90 Å². The van der Waals surface area contributed by atoms with Crippen LogP contribution in [0, 0.1) is 0 Å². The van der Waals surface area contributed by atoms with Crippen molar-refractivity contribution in [2.24, 2.45) is 0 Å². The zero-order valence-electron chi connectivity index (χ0n) is 24.1. The van der Waals surface area contributed by atoms with E-state index in [0.717, 1.165) is 50.5 Å². The molecule has 208 valence electrons. The summed E-state index contributed by atoms with van der Waals surface area (Å²) in [5.74, 6) is 0.872. The van der Waals surface area contributed by atoms with Gasteiger partial charge in [0, 0.05) is 33.6 Å². The van der Waals surface area contributed by atoms with E-state index in [9.17, 15) is 0 Å². The molecule has 1 aromatic heterocycles. The third kappa shape index (κ3) is 4.73. The minimum absolute atomic E-state index is 0.872. The van der Waals surface area contributed by atoms with Crippen LogP contribution in [0.2, 0.25) is 0 Å². The topological polar surface area (TPSA) is 16.4 Å². The summed E-state index contributed by atoms with van der Waals surface area (Å²) in [4.78, 5) is 2.33. The summed E-state index contributed by atoms with van der Waals surface area (Å²) in [5.41, 5.74) is 9.81. The summed E-state index contributed by atoms with van der Waals surface area (Å²) in [6.07, 6.45) is 0. The van der Waals surface area contributed by atoms with E-state index in [-0.39, 0.29) is 0 Å². The number of rotatable bonds is 6. The molecule has 44 heavy (non-hydrogen) atoms. The molecule has 0 N–H and O–H groups in total. The van der Waals surface area contributed by atoms with Crippen LogP contribution in [0.25, 0.3) is 55.3 Å². The molecule has 2 nitrogen and oxygen atoms in total. The summed E-state index contributed by atoms with van der Waals surface area (Å²) >= 11 is 0. The third-order valence-electron chi connectivity index (χ3n) is 8.25. The van der Waals surface area contributed by atoms with Gasteiger partial charge in [0.1, 0.15) is 11.3 Å². The van der Waals surface area contributed by atoms with Gasteiger partial charge in [-0.3, -0.25) is 0 Å². The fraction of sp³-hybridized carbons (Fsp3) is 0. The Kier molecular flexibility index (Phi) is 6.51. The van der Waals surface area contributed by atoms with Crippen LogP contribution in [-0.4, -0.2) is 0 Å². The van der Waals surface area contributed by atoms with Crippen LogP contribution in [0.3, 0.4) is 0 Å². The van der Waals surface area contributed by atoms with Crippen molar-refractivity contribution in [2.45, 2.75) is 0 Å². The van der Waals surface area contributed by atoms with E-state index in [4.69, 9.17) is 4.42 Å². The summed E-state index contributed by atoms with van der Waals surface area (Å²) in [5, 5.41) is 3.54. The van der Waals surface area contributed by atoms with E-state index in [1.165, 1.54) is 21.9 Å². The number of benzene rings is 7. The minimum atomic E-state index is 0.872. The molecule has 0 unspecified atom stereocenters. The summed E-state index contributed by atoms with van der Waals surface area (Å²) in [7, 11) is 0. The molecule has 0 aliphatic heterocycles. The summed E-state index contributed by atoms with van der Waals surface area (Å²) < 4.78 is 6.59. The van der Waals surface area contributed by atoms with Gasteiger partial charge in [-0.15, -0.1) is 0 Å². The van der Waals surface area contributed by atoms with Gasteiger partial charge in [-0.1, -0.05) is 133 Å². The molecule has 0 saturated heterocycles. The van der Waals surface area contributed by atoms with E-state index in [2.05, 4.69) is 169 Å². The predicted molar refractivity (Wildman–Crippen MR) is 185 cm³/mol. The van der Waals surface area contributed by atoms with Crippen LogP contribution in [0.4, 0.5) is 17.1 Å². The molecule has 0 amide bonds. The van der Waals surface area contributed by atoms with Crippen LogP contribution in [0.5, 0.6) is 0 Å². The van der Waals surface area contributed by atoms with Crippen molar-refractivity contribution >= 4 is 38.8 Å². The monoisotopic (exact) mass is 563 g/mol. The van der Waals surface area contributed by atoms with Gasteiger partial charge in [0.25, 0.3) is 0 Å². The van der Waals surface area contributed by atoms with Gasteiger partial charge in [0.2, 0.25) is 0 Å². The maximum absolute atomic E-state index is 6.59. The molecule has 0 radical (unpaired) electrons. The first-order valence-electron chi connectivity index (χ1n) is 14.9. The summed E-state index contributed by atoms with van der Waals surface area (Å²) in [6.45, 7) is 0. The highest BCUT2D eigenvalue weighted by molar-refractivity contribution is 6.02. The van der Waals surface area contributed by atoms with Crippen LogP contribution in [0.15, 0.2) is 180 Å². The zero-order valence-corrected chi connectivity index (χ0v) is 24.1. The van der Waals surface area contributed by atoms with Gasteiger partial charge in [0.15, 0.2) is 0 Å². The largest absolute Gasteiger partial charge is 0.455 e. The first-order valence-corrected chi connectivity index (χ1v) is 14.9. The number of nitrogens with zero attached hydrogens (tertiary/aromatic N) is 1. The molecule has 0 aliphatic carbocycles. The minimum Gasteiger partial charge on any atom is -0.455 e. The Bertz CT molecular complexity index is 2210. The molecule has 0 aliphatic rings. The molecule has 0 fully saturated rings. The van der Waals surface area contributed by atoms with Crippen LogP contribution < -0.4 is 4.90 Å². The molecular weight excluding hydrogens is 534 g/mol. The zero-order chi connectivity index (χ0) is 29.3. The second-order valence-corrected chi connectivity index (χ2v) is 11.0. The Morgan fingerprint density at radius 2 is 0.955 bits per heavy atom. The maximum atomic E-state index is 6.59. The number of fused-ring (bicyclic) bond motifs is 2. The molecule has 8 aromatic rings. The molecule has 0 saturated carbocycles. The molecule has 7 aromatic carbocycles. The quantitative estimate of drug-likeness (QED) is 0.200. The highest BCUT2D eigenvalue weighted by Gasteiger charge is 2.20. The number of furan rings is 1. The second-order valence-electron chi connectivity index (χ2n) is 11.0. The lowest BCUT2D eigenvalue weighted by atomic mass is 9.98. The predicted octanol–water partition coefficient (Wildman–Crippen LogP) is 12.1. The van der Waals surface area contributed by atoms with Crippen LogP contribution >= 0.6 is 0 Å². The maximum Gasteiger partial charge on any atom is 0.143 e. The van der Waals surface area contributed by atoms with Crippen molar-refractivity contribution in [3.8, 4) is 33.6 Å². The van der Waals surface area contributed by atoms with Gasteiger partial charge < -0.3 is 9.32 Å². The number of hydrogen-bond acceptors (Lipinski definition) is 2. The Balaban J connectivity index is 1.29. The average molecular weight is 564 g/mol. The fourth-order valence-corrected chi connectivity index (χ4v) is 6.12. The lowest BCUT2D eigenvalue weighted by Crippen LogP contribution is -2.10. The van der Waals surface area contributed by atoms with E-state index in [1.807, 2.05) is 12.1 Å². The molecule has 0 spiro atoms. The smallest absolute Gasteiger partial charge is 0.143 e. The first kappa shape index (κ1) is 25.8. The molecule has 0 bridgehead atoms. The van der Waals surface area contributed by atoms with E-state index < -0.39 is 0 Å². The van der Waals surface area contributed by atoms with Gasteiger partial charge in [-0.25, -0.2) is 0 Å². The van der Waals surface area contributed by atoms with Crippen LogP contribution in [-0.2, 0) is 0 Å². The lowest BCUT2D eigenvalue weighted by molar-refractivity contribution is 0.632. The molecule has 1 heterocycles. The van der Waals surface area contributed by atoms with E-state index in [1.54, 1.807) is 0 Å². The number of hydrogen-bond donors (Lipinski definition) is 0. The highest BCUT2D eigenvalue weighted by atomic mass is 16.3. The van der Waals surface area contributed by atoms with Crippen LogP contribution in [0.1, 0.15) is 0 Å². The Morgan fingerprint density at radius 1 is 0.364 bits per heavy atom. The van der Waals surface area contributed by atoms with Crippen molar-refractivity contribution in [3.05, 3.63) is 176 Å². The van der Waals surface area contributed by atoms with Crippen molar-refractivity contribution in [1.29, 1.82) is 0 Å². The fourth-order valence-electron chi connectivity index (χ4n) is 6.12. The molecular formula is C42H29NO. The number of para-hydroxylation sites is 1.